The summed E-state index contributed by atoms with van der Waals surface area (Å²) < 4.78 is 30.6. The van der Waals surface area contributed by atoms with Crippen LogP contribution in [-0.4, -0.2) is 62.0 Å². The highest BCUT2D eigenvalue weighted by Gasteiger charge is 2.54. The molecule has 1 saturated carbocycles. The number of nitrogens with one attached hydrogen (secondary N) is 1. The number of nitrogens with zero attached hydrogens (tertiary/aromatic N) is 6. The van der Waals surface area contributed by atoms with E-state index in [9.17, 15) is 23.6 Å². The van der Waals surface area contributed by atoms with Gasteiger partial charge in [-0.25, -0.2) is 14.5 Å². The van der Waals surface area contributed by atoms with E-state index in [1.807, 2.05) is 0 Å². The number of alkyl halides is 2. The highest BCUT2D eigenvalue weighted by molar-refractivity contribution is 6.02. The zero-order valence-corrected chi connectivity index (χ0v) is 20.6. The third kappa shape index (κ3) is 4.69. The number of anilines is 1. The highest BCUT2D eigenvalue weighted by Crippen LogP contribution is 2.47. The summed E-state index contributed by atoms with van der Waals surface area (Å²) in [5.74, 6) is -0.691. The highest BCUT2D eigenvalue weighted by atomic mass is 19.3. The first-order valence-electron chi connectivity index (χ1n) is 12.3. The number of halogens is 2. The zero-order chi connectivity index (χ0) is 27.0. The molecule has 1 aliphatic heterocycles. The van der Waals surface area contributed by atoms with Crippen molar-refractivity contribution in [3.05, 3.63) is 36.4 Å². The first kappa shape index (κ1) is 25.3. The fourth-order valence-corrected chi connectivity index (χ4v) is 5.01. The first-order chi connectivity index (χ1) is 18.2. The number of nitriles is 1. The average Bonchev–Trinajstić information content (AvgIpc) is 3.41. The van der Waals surface area contributed by atoms with E-state index in [1.165, 1.54) is 18.6 Å². The molecule has 2 aliphatic rings. The SMILES string of the molecule is CCCC1CN(C(=O)C2(C#N)CC2)CC1Nc1c(C(N)=O)cnn2cc(-c3cnc(OC(F)F)nc3)cc12. The molecule has 0 radical (unpaired) electrons. The van der Waals surface area contributed by atoms with Gasteiger partial charge in [-0.3, -0.25) is 9.59 Å². The van der Waals surface area contributed by atoms with Crippen molar-refractivity contribution in [3.63, 3.8) is 0 Å². The first-order valence-corrected chi connectivity index (χ1v) is 12.3. The van der Waals surface area contributed by atoms with Gasteiger partial charge in [0, 0.05) is 48.8 Å². The molecular formula is C25H26F2N8O3. The van der Waals surface area contributed by atoms with Gasteiger partial charge in [-0.2, -0.15) is 19.1 Å². The number of primary amides is 1. The summed E-state index contributed by atoms with van der Waals surface area (Å²) in [7, 11) is 0. The van der Waals surface area contributed by atoms with Gasteiger partial charge < -0.3 is 20.7 Å². The molecular weight excluding hydrogens is 498 g/mol. The molecule has 1 aliphatic carbocycles. The second kappa shape index (κ2) is 9.85. The van der Waals surface area contributed by atoms with Crippen molar-refractivity contribution in [2.75, 3.05) is 18.4 Å². The van der Waals surface area contributed by atoms with E-state index in [4.69, 9.17) is 5.73 Å². The standard InChI is InChI=1S/C25H26F2N8O3/c1-2-3-14-10-34(22(37)25(13-28)4-5-25)12-18(14)33-20-17(21(29)36)9-32-35-11-15(6-19(20)35)16-7-30-24(31-8-16)38-23(26)27/h6-9,11,14,18,23,33H,2-5,10,12H2,1H3,(H2,29,36). The normalized spacial score (nSPS) is 19.9. The second-order valence-corrected chi connectivity index (χ2v) is 9.69. The summed E-state index contributed by atoms with van der Waals surface area (Å²) in [6, 6.07) is 3.32. The van der Waals surface area contributed by atoms with Crippen LogP contribution in [-0.2, 0) is 4.79 Å². The van der Waals surface area contributed by atoms with Crippen molar-refractivity contribution >= 4 is 23.0 Å². The van der Waals surface area contributed by atoms with Crippen molar-refractivity contribution in [2.45, 2.75) is 45.3 Å². The van der Waals surface area contributed by atoms with Crippen LogP contribution in [0.3, 0.4) is 0 Å². The van der Waals surface area contributed by atoms with Gasteiger partial charge in [-0.15, -0.1) is 0 Å². The van der Waals surface area contributed by atoms with E-state index >= 15 is 0 Å². The number of fused-ring (bicyclic) bond motifs is 1. The van der Waals surface area contributed by atoms with Crippen LogP contribution < -0.4 is 15.8 Å². The van der Waals surface area contributed by atoms with Crippen molar-refractivity contribution in [1.82, 2.24) is 24.5 Å². The molecule has 3 aromatic heterocycles. The maximum atomic E-state index is 13.1. The van der Waals surface area contributed by atoms with Crippen LogP contribution in [0.1, 0.15) is 43.0 Å². The van der Waals surface area contributed by atoms with Crippen LogP contribution in [0, 0.1) is 22.7 Å². The van der Waals surface area contributed by atoms with Crippen LogP contribution in [0.5, 0.6) is 6.01 Å². The average molecular weight is 525 g/mol. The maximum absolute atomic E-state index is 13.1. The zero-order valence-electron chi connectivity index (χ0n) is 20.6. The van der Waals surface area contributed by atoms with E-state index in [-0.39, 0.29) is 23.4 Å². The fraction of sp³-hybridized carbons (Fsp3) is 0.440. The Labute approximate surface area is 216 Å². The lowest BCUT2D eigenvalue weighted by molar-refractivity contribution is -0.134. The number of ether oxygens (including phenoxy) is 1. The number of aromatic nitrogens is 4. The summed E-state index contributed by atoms with van der Waals surface area (Å²) >= 11 is 0. The summed E-state index contributed by atoms with van der Waals surface area (Å²) in [5.41, 5.74) is 7.15. The number of carbonyl (C=O) groups excluding carboxylic acids is 2. The minimum absolute atomic E-state index is 0.109. The van der Waals surface area contributed by atoms with Crippen molar-refractivity contribution in [3.8, 4) is 23.2 Å². The van der Waals surface area contributed by atoms with Gasteiger partial charge in [0.1, 0.15) is 5.41 Å². The molecule has 3 N–H and O–H groups in total. The molecule has 2 unspecified atom stereocenters. The second-order valence-electron chi connectivity index (χ2n) is 9.69. The fourth-order valence-electron chi connectivity index (χ4n) is 5.01. The molecule has 11 nitrogen and oxygen atoms in total. The summed E-state index contributed by atoms with van der Waals surface area (Å²) in [6.45, 7) is -0.0434. The molecule has 2 atom stereocenters. The minimum atomic E-state index is -3.03. The van der Waals surface area contributed by atoms with E-state index in [0.29, 0.717) is 48.3 Å². The Kier molecular flexibility index (Phi) is 6.56. The Hall–Kier alpha value is -4.34. The lowest BCUT2D eigenvalue weighted by atomic mass is 9.97. The predicted octanol–water partition coefficient (Wildman–Crippen LogP) is 2.83. The van der Waals surface area contributed by atoms with E-state index in [0.717, 1.165) is 12.8 Å². The third-order valence-corrected chi connectivity index (χ3v) is 7.15. The molecule has 2 fully saturated rings. The molecule has 0 spiro atoms. The Morgan fingerprint density at radius 3 is 2.61 bits per heavy atom. The smallest absolute Gasteiger partial charge is 0.389 e. The van der Waals surface area contributed by atoms with Crippen molar-refractivity contribution < 1.29 is 23.1 Å². The van der Waals surface area contributed by atoms with Gasteiger partial charge in [-0.1, -0.05) is 13.3 Å². The minimum Gasteiger partial charge on any atom is -0.401 e. The number of hydrogen-bond acceptors (Lipinski definition) is 8. The number of rotatable bonds is 9. The van der Waals surface area contributed by atoms with Gasteiger partial charge in [0.05, 0.1) is 29.0 Å². The lowest BCUT2D eigenvalue weighted by Gasteiger charge is -2.22. The van der Waals surface area contributed by atoms with Gasteiger partial charge in [0.25, 0.3) is 5.91 Å². The Balaban J connectivity index is 1.47. The molecule has 198 valence electrons. The van der Waals surface area contributed by atoms with Crippen molar-refractivity contribution in [1.29, 1.82) is 5.26 Å². The largest absolute Gasteiger partial charge is 0.401 e. The molecule has 3 aromatic rings. The van der Waals surface area contributed by atoms with Gasteiger partial charge in [-0.05, 0) is 31.2 Å². The topological polar surface area (TPSA) is 152 Å². The van der Waals surface area contributed by atoms with E-state index < -0.39 is 23.9 Å². The summed E-state index contributed by atoms with van der Waals surface area (Å²) in [4.78, 5) is 34.8. The van der Waals surface area contributed by atoms with Crippen LogP contribution in [0.4, 0.5) is 14.5 Å². The number of amides is 2. The molecule has 5 rings (SSSR count). The Morgan fingerprint density at radius 1 is 1.26 bits per heavy atom. The molecule has 2 amide bonds. The van der Waals surface area contributed by atoms with E-state index in [1.54, 1.807) is 21.7 Å². The monoisotopic (exact) mass is 524 g/mol. The van der Waals surface area contributed by atoms with E-state index in [2.05, 4.69) is 38.1 Å². The van der Waals surface area contributed by atoms with Crippen LogP contribution >= 0.6 is 0 Å². The number of likely N-dealkylation sites (tertiary alicyclic amines) is 1. The van der Waals surface area contributed by atoms with Crippen LogP contribution in [0.2, 0.25) is 0 Å². The predicted molar refractivity (Wildman–Crippen MR) is 131 cm³/mol. The molecule has 38 heavy (non-hydrogen) atoms. The molecule has 0 bridgehead atoms. The van der Waals surface area contributed by atoms with Gasteiger partial charge >= 0.3 is 12.6 Å². The summed E-state index contributed by atoms with van der Waals surface area (Å²) in [6.07, 6.45) is 8.68. The quantitative estimate of drug-likeness (QED) is 0.434. The van der Waals surface area contributed by atoms with Crippen LogP contribution in [0.15, 0.2) is 30.9 Å². The lowest BCUT2D eigenvalue weighted by Crippen LogP contribution is -2.36. The van der Waals surface area contributed by atoms with Gasteiger partial charge in [0.2, 0.25) is 5.91 Å². The number of carbonyl (C=O) groups is 2. The molecule has 4 heterocycles. The number of hydrogen-bond donors (Lipinski definition) is 2. The summed E-state index contributed by atoms with van der Waals surface area (Å²) in [5, 5.41) is 17.3. The molecule has 1 saturated heterocycles. The Morgan fingerprint density at radius 2 is 2.00 bits per heavy atom. The third-order valence-electron chi connectivity index (χ3n) is 7.15. The van der Waals surface area contributed by atoms with Crippen molar-refractivity contribution in [2.24, 2.45) is 17.1 Å². The van der Waals surface area contributed by atoms with Crippen LogP contribution in [0.25, 0.3) is 16.6 Å². The number of nitrogens with two attached hydrogens (primary N) is 1. The molecule has 0 aromatic carbocycles. The molecule has 13 heteroatoms. The maximum Gasteiger partial charge on any atom is 0.389 e. The van der Waals surface area contributed by atoms with Gasteiger partial charge in [0.15, 0.2) is 0 Å². The Bertz CT molecular complexity index is 1410.